The van der Waals surface area contributed by atoms with Gasteiger partial charge in [-0.1, -0.05) is 30.3 Å². The molecule has 0 spiro atoms. The fraction of sp³-hybridized carbons (Fsp3) is 0.316. The first kappa shape index (κ1) is 18.0. The molecule has 0 aromatic heterocycles. The van der Waals surface area contributed by atoms with Crippen molar-refractivity contribution >= 4 is 5.97 Å². The van der Waals surface area contributed by atoms with Crippen molar-refractivity contribution in [2.24, 2.45) is 0 Å². The van der Waals surface area contributed by atoms with Crippen molar-refractivity contribution in [3.8, 4) is 11.1 Å². The van der Waals surface area contributed by atoms with Gasteiger partial charge < -0.3 is 4.74 Å². The van der Waals surface area contributed by atoms with Gasteiger partial charge in [0, 0.05) is 0 Å². The van der Waals surface area contributed by atoms with Gasteiger partial charge in [0.05, 0.1) is 11.1 Å². The van der Waals surface area contributed by atoms with E-state index in [-0.39, 0.29) is 0 Å². The quantitative estimate of drug-likeness (QED) is 0.664. The van der Waals surface area contributed by atoms with Gasteiger partial charge in [-0.2, -0.15) is 13.2 Å². The van der Waals surface area contributed by atoms with E-state index in [2.05, 4.69) is 0 Å². The van der Waals surface area contributed by atoms with Crippen LogP contribution in [0.15, 0.2) is 42.5 Å². The Kier molecular flexibility index (Phi) is 4.74. The van der Waals surface area contributed by atoms with E-state index in [0.29, 0.717) is 22.3 Å². The molecule has 24 heavy (non-hydrogen) atoms. The number of carbonyl (C=O) groups excluding carboxylic acids is 1. The molecule has 0 aliphatic carbocycles. The molecule has 0 N–H and O–H groups in total. The third-order valence-electron chi connectivity index (χ3n) is 3.40. The summed E-state index contributed by atoms with van der Waals surface area (Å²) in [5, 5.41) is 0. The summed E-state index contributed by atoms with van der Waals surface area (Å²) >= 11 is 0. The SMILES string of the molecule is Cc1cccc(-c2ccc(C(F)(F)F)cc2)c1C(=O)OC(C)(C)C. The fourth-order valence-corrected chi connectivity index (χ4v) is 2.35. The van der Waals surface area contributed by atoms with Crippen LogP contribution in [0.3, 0.4) is 0 Å². The molecule has 0 aliphatic heterocycles. The molecule has 0 aliphatic rings. The first-order valence-electron chi connectivity index (χ1n) is 7.49. The zero-order valence-electron chi connectivity index (χ0n) is 14.0. The molecule has 2 nitrogen and oxygen atoms in total. The molecule has 5 heteroatoms. The van der Waals surface area contributed by atoms with E-state index in [1.807, 2.05) is 0 Å². The van der Waals surface area contributed by atoms with Gasteiger partial charge in [-0.3, -0.25) is 0 Å². The molecule has 0 unspecified atom stereocenters. The molecule has 0 saturated carbocycles. The monoisotopic (exact) mass is 336 g/mol. The van der Waals surface area contributed by atoms with Crippen LogP contribution in [0.4, 0.5) is 13.2 Å². The largest absolute Gasteiger partial charge is 0.456 e. The van der Waals surface area contributed by atoms with E-state index in [9.17, 15) is 18.0 Å². The smallest absolute Gasteiger partial charge is 0.416 e. The number of hydrogen-bond acceptors (Lipinski definition) is 2. The number of aryl methyl sites for hydroxylation is 1. The predicted octanol–water partition coefficient (Wildman–Crippen LogP) is 5.64. The van der Waals surface area contributed by atoms with Gasteiger partial charge in [0.25, 0.3) is 0 Å². The van der Waals surface area contributed by atoms with Gasteiger partial charge in [0.15, 0.2) is 0 Å². The minimum atomic E-state index is -4.39. The lowest BCUT2D eigenvalue weighted by Gasteiger charge is -2.21. The average molecular weight is 336 g/mol. The Balaban J connectivity index is 2.48. The van der Waals surface area contributed by atoms with Gasteiger partial charge in [-0.15, -0.1) is 0 Å². The maximum atomic E-state index is 12.7. The summed E-state index contributed by atoms with van der Waals surface area (Å²) in [6.07, 6.45) is -4.39. The first-order chi connectivity index (χ1) is 11.0. The van der Waals surface area contributed by atoms with E-state index in [0.717, 1.165) is 12.1 Å². The predicted molar refractivity (Wildman–Crippen MR) is 86.8 cm³/mol. The summed E-state index contributed by atoms with van der Waals surface area (Å²) in [5.41, 5.74) is 0.786. The highest BCUT2D eigenvalue weighted by Crippen LogP contribution is 2.33. The normalized spacial score (nSPS) is 12.1. The lowest BCUT2D eigenvalue weighted by atomic mass is 9.95. The standard InChI is InChI=1S/C19H19F3O2/c1-12-6-5-7-15(16(12)17(23)24-18(2,3)4)13-8-10-14(11-9-13)19(20,21)22/h5-11H,1-4H3. The molecule has 0 amide bonds. The summed E-state index contributed by atoms with van der Waals surface area (Å²) in [6, 6.07) is 9.99. The van der Waals surface area contributed by atoms with Gasteiger partial charge >= 0.3 is 12.1 Å². The Bertz CT molecular complexity index is 739. The van der Waals surface area contributed by atoms with Crippen LogP contribution in [-0.4, -0.2) is 11.6 Å². The number of rotatable bonds is 2. The van der Waals surface area contributed by atoms with Crippen LogP contribution in [0.2, 0.25) is 0 Å². The molecular formula is C19H19F3O2. The molecular weight excluding hydrogens is 317 g/mol. The Morgan fingerprint density at radius 2 is 1.54 bits per heavy atom. The lowest BCUT2D eigenvalue weighted by molar-refractivity contribution is -0.137. The molecule has 0 saturated heterocycles. The maximum absolute atomic E-state index is 12.7. The number of halogens is 3. The van der Waals surface area contributed by atoms with Crippen molar-refractivity contribution in [3.05, 3.63) is 59.2 Å². The average Bonchev–Trinajstić information content (AvgIpc) is 2.44. The van der Waals surface area contributed by atoms with Crippen LogP contribution in [0.1, 0.15) is 42.3 Å². The number of esters is 1. The summed E-state index contributed by atoms with van der Waals surface area (Å²) < 4.78 is 43.5. The van der Waals surface area contributed by atoms with Crippen molar-refractivity contribution in [1.82, 2.24) is 0 Å². The molecule has 0 bridgehead atoms. The molecule has 2 rings (SSSR count). The van der Waals surface area contributed by atoms with Crippen molar-refractivity contribution in [1.29, 1.82) is 0 Å². The van der Waals surface area contributed by atoms with Gasteiger partial charge in [0.2, 0.25) is 0 Å². The van der Waals surface area contributed by atoms with E-state index >= 15 is 0 Å². The Morgan fingerprint density at radius 1 is 0.958 bits per heavy atom. The van der Waals surface area contributed by atoms with Crippen LogP contribution in [0.5, 0.6) is 0 Å². The van der Waals surface area contributed by atoms with E-state index in [1.165, 1.54) is 12.1 Å². The minimum Gasteiger partial charge on any atom is -0.456 e. The van der Waals surface area contributed by atoms with Crippen LogP contribution in [0, 0.1) is 6.92 Å². The minimum absolute atomic E-state index is 0.368. The molecule has 128 valence electrons. The number of carbonyl (C=O) groups is 1. The van der Waals surface area contributed by atoms with Crippen LogP contribution >= 0.6 is 0 Å². The highest BCUT2D eigenvalue weighted by atomic mass is 19.4. The van der Waals surface area contributed by atoms with E-state index < -0.39 is 23.3 Å². The zero-order valence-corrected chi connectivity index (χ0v) is 14.0. The van der Waals surface area contributed by atoms with Gasteiger partial charge in [0.1, 0.15) is 5.60 Å². The fourth-order valence-electron chi connectivity index (χ4n) is 2.35. The second kappa shape index (κ2) is 6.30. The highest BCUT2D eigenvalue weighted by Gasteiger charge is 2.30. The van der Waals surface area contributed by atoms with Gasteiger partial charge in [-0.05, 0) is 56.5 Å². The molecule has 2 aromatic carbocycles. The molecule has 0 fully saturated rings. The Morgan fingerprint density at radius 3 is 2.04 bits per heavy atom. The summed E-state index contributed by atoms with van der Waals surface area (Å²) in [4.78, 5) is 12.5. The van der Waals surface area contributed by atoms with Crippen LogP contribution in [-0.2, 0) is 10.9 Å². The highest BCUT2D eigenvalue weighted by molar-refractivity contribution is 5.99. The molecule has 0 radical (unpaired) electrons. The topological polar surface area (TPSA) is 26.3 Å². The third kappa shape index (κ3) is 4.16. The lowest BCUT2D eigenvalue weighted by Crippen LogP contribution is -2.24. The van der Waals surface area contributed by atoms with Crippen molar-refractivity contribution < 1.29 is 22.7 Å². The number of alkyl halides is 3. The van der Waals surface area contributed by atoms with Gasteiger partial charge in [-0.25, -0.2) is 4.79 Å². The molecule has 2 aromatic rings. The summed E-state index contributed by atoms with van der Waals surface area (Å²) in [6.45, 7) is 7.07. The second-order valence-electron chi connectivity index (χ2n) is 6.57. The molecule has 0 heterocycles. The van der Waals surface area contributed by atoms with E-state index in [4.69, 9.17) is 4.74 Å². The number of ether oxygens (including phenoxy) is 1. The maximum Gasteiger partial charge on any atom is 0.416 e. The Hall–Kier alpha value is -2.30. The summed E-state index contributed by atoms with van der Waals surface area (Å²) in [7, 11) is 0. The van der Waals surface area contributed by atoms with Crippen LogP contribution in [0.25, 0.3) is 11.1 Å². The second-order valence-corrected chi connectivity index (χ2v) is 6.57. The number of hydrogen-bond donors (Lipinski definition) is 0. The summed E-state index contributed by atoms with van der Waals surface area (Å²) in [5.74, 6) is -0.490. The van der Waals surface area contributed by atoms with Crippen molar-refractivity contribution in [2.45, 2.75) is 39.5 Å². The van der Waals surface area contributed by atoms with Crippen molar-refractivity contribution in [3.63, 3.8) is 0 Å². The Labute approximate surface area is 139 Å². The molecule has 0 atom stereocenters. The van der Waals surface area contributed by atoms with E-state index in [1.54, 1.807) is 45.9 Å². The number of benzene rings is 2. The first-order valence-corrected chi connectivity index (χ1v) is 7.49. The third-order valence-corrected chi connectivity index (χ3v) is 3.40. The van der Waals surface area contributed by atoms with Crippen LogP contribution < -0.4 is 0 Å². The van der Waals surface area contributed by atoms with Crippen molar-refractivity contribution in [2.75, 3.05) is 0 Å². The zero-order chi connectivity index (χ0) is 18.1.